The van der Waals surface area contributed by atoms with Gasteiger partial charge in [-0.05, 0) is 6.42 Å². The lowest BCUT2D eigenvalue weighted by Crippen LogP contribution is -1.86. The summed E-state index contributed by atoms with van der Waals surface area (Å²) in [6, 6.07) is 0. The molecule has 0 atom stereocenters. The summed E-state index contributed by atoms with van der Waals surface area (Å²) in [4.78, 5) is 9.73. The fourth-order valence-corrected chi connectivity index (χ4v) is 0.591. The molecule has 0 radical (unpaired) electrons. The molecule has 0 amide bonds. The van der Waals surface area contributed by atoms with Gasteiger partial charge >= 0.3 is 0 Å². The molecule has 0 bridgehead atoms. The summed E-state index contributed by atoms with van der Waals surface area (Å²) in [7, 11) is 0. The molecule has 0 rings (SSSR count). The molecular weight excluding hydrogens is 128 g/mol. The van der Waals surface area contributed by atoms with Crippen molar-refractivity contribution in [3.63, 3.8) is 0 Å². The summed E-state index contributed by atoms with van der Waals surface area (Å²) in [5.74, 6) is 0. The Morgan fingerprint density at radius 1 is 1.40 bits per heavy atom. The molecule has 2 heteroatoms. The molecule has 2 nitrogen and oxygen atoms in total. The third-order valence-corrected chi connectivity index (χ3v) is 1.12. The van der Waals surface area contributed by atoms with Crippen LogP contribution in [0.5, 0.6) is 0 Å². The second-order valence-electron chi connectivity index (χ2n) is 2.04. The van der Waals surface area contributed by atoms with Crippen LogP contribution < -0.4 is 0 Å². The van der Waals surface area contributed by atoms with Crippen LogP contribution in [0.15, 0.2) is 12.3 Å². The highest BCUT2D eigenvalue weighted by molar-refractivity contribution is 5.64. The number of unbranched alkanes of at least 4 members (excludes halogenated alkanes) is 2. The Labute approximate surface area is 61.9 Å². The van der Waals surface area contributed by atoms with E-state index in [2.05, 4.69) is 6.92 Å². The highest BCUT2D eigenvalue weighted by atomic mass is 16.5. The smallest absolute Gasteiger partial charge is 0.145 e. The molecule has 0 spiro atoms. The maximum Gasteiger partial charge on any atom is 0.145 e. The molecule has 58 valence electrons. The first-order valence-corrected chi connectivity index (χ1v) is 3.63. The first-order valence-electron chi connectivity index (χ1n) is 3.63. The van der Waals surface area contributed by atoms with Crippen LogP contribution in [0.3, 0.4) is 0 Å². The Kier molecular flexibility index (Phi) is 7.56. The van der Waals surface area contributed by atoms with Crippen LogP contribution in [0.4, 0.5) is 0 Å². The lowest BCUT2D eigenvalue weighted by molar-refractivity contribution is -0.104. The van der Waals surface area contributed by atoms with Crippen molar-refractivity contribution in [2.24, 2.45) is 0 Å². The lowest BCUT2D eigenvalue weighted by Gasteiger charge is -1.96. The van der Waals surface area contributed by atoms with Gasteiger partial charge in [0.05, 0.1) is 12.9 Å². The minimum absolute atomic E-state index is 0.708. The predicted molar refractivity (Wildman–Crippen MR) is 40.7 cm³/mol. The van der Waals surface area contributed by atoms with Crippen molar-refractivity contribution in [2.45, 2.75) is 26.2 Å². The standard InChI is InChI=1S/C8H14O2/c1-2-3-4-7-10-8-5-6-9/h5-6,8H,2-4,7H2,1H3. The number of allylic oxidation sites excluding steroid dienone is 1. The zero-order valence-electron chi connectivity index (χ0n) is 6.38. The number of ether oxygens (including phenoxy) is 1. The fraction of sp³-hybridized carbons (Fsp3) is 0.625. The van der Waals surface area contributed by atoms with Crippen LogP contribution in [-0.4, -0.2) is 12.9 Å². The van der Waals surface area contributed by atoms with E-state index in [9.17, 15) is 4.79 Å². The van der Waals surface area contributed by atoms with Gasteiger partial charge in [-0.1, -0.05) is 19.8 Å². The number of carbonyl (C=O) groups is 1. The van der Waals surface area contributed by atoms with Crippen molar-refractivity contribution in [3.05, 3.63) is 12.3 Å². The van der Waals surface area contributed by atoms with E-state index >= 15 is 0 Å². The molecule has 0 aromatic carbocycles. The Bertz CT molecular complexity index is 97.4. The van der Waals surface area contributed by atoms with E-state index in [0.29, 0.717) is 6.29 Å². The minimum Gasteiger partial charge on any atom is -0.501 e. The monoisotopic (exact) mass is 142 g/mol. The van der Waals surface area contributed by atoms with Gasteiger partial charge < -0.3 is 4.74 Å². The van der Waals surface area contributed by atoms with E-state index in [4.69, 9.17) is 4.74 Å². The molecule has 0 aliphatic carbocycles. The van der Waals surface area contributed by atoms with Crippen molar-refractivity contribution >= 4 is 6.29 Å². The zero-order valence-corrected chi connectivity index (χ0v) is 6.38. The minimum atomic E-state index is 0.708. The Morgan fingerprint density at radius 3 is 2.80 bits per heavy atom. The van der Waals surface area contributed by atoms with Crippen LogP contribution in [0.25, 0.3) is 0 Å². The average molecular weight is 142 g/mol. The Hall–Kier alpha value is -0.790. The molecule has 0 aromatic heterocycles. The number of rotatable bonds is 6. The number of hydrogen-bond donors (Lipinski definition) is 0. The molecule has 10 heavy (non-hydrogen) atoms. The molecule has 0 saturated heterocycles. The van der Waals surface area contributed by atoms with Gasteiger partial charge in [0.25, 0.3) is 0 Å². The molecule has 0 aromatic rings. The van der Waals surface area contributed by atoms with Gasteiger partial charge in [0.2, 0.25) is 0 Å². The highest BCUT2D eigenvalue weighted by Gasteiger charge is 1.82. The summed E-state index contributed by atoms with van der Waals surface area (Å²) in [6.07, 6.45) is 6.95. The van der Waals surface area contributed by atoms with E-state index in [1.807, 2.05) is 0 Å². The summed E-state index contributed by atoms with van der Waals surface area (Å²) >= 11 is 0. The predicted octanol–water partition coefficient (Wildman–Crippen LogP) is 1.91. The average Bonchev–Trinajstić information content (AvgIpc) is 1.97. The van der Waals surface area contributed by atoms with Crippen LogP contribution >= 0.6 is 0 Å². The highest BCUT2D eigenvalue weighted by Crippen LogP contribution is 1.93. The van der Waals surface area contributed by atoms with Crippen LogP contribution in [0.1, 0.15) is 26.2 Å². The lowest BCUT2D eigenvalue weighted by atomic mass is 10.3. The van der Waals surface area contributed by atoms with Crippen LogP contribution in [0, 0.1) is 0 Å². The van der Waals surface area contributed by atoms with Crippen molar-refractivity contribution in [3.8, 4) is 0 Å². The zero-order chi connectivity index (χ0) is 7.66. The van der Waals surface area contributed by atoms with Crippen molar-refractivity contribution in [1.82, 2.24) is 0 Å². The second-order valence-corrected chi connectivity index (χ2v) is 2.04. The number of aldehydes is 1. The van der Waals surface area contributed by atoms with Gasteiger partial charge in [0, 0.05) is 6.08 Å². The van der Waals surface area contributed by atoms with E-state index in [-0.39, 0.29) is 0 Å². The van der Waals surface area contributed by atoms with Gasteiger partial charge in [-0.25, -0.2) is 0 Å². The molecule has 0 heterocycles. The van der Waals surface area contributed by atoms with E-state index in [1.165, 1.54) is 25.2 Å². The largest absolute Gasteiger partial charge is 0.501 e. The van der Waals surface area contributed by atoms with Gasteiger partial charge in [0.15, 0.2) is 0 Å². The summed E-state index contributed by atoms with van der Waals surface area (Å²) in [5, 5.41) is 0. The maximum atomic E-state index is 9.73. The van der Waals surface area contributed by atoms with Crippen molar-refractivity contribution in [2.75, 3.05) is 6.61 Å². The van der Waals surface area contributed by atoms with Crippen molar-refractivity contribution < 1.29 is 9.53 Å². The topological polar surface area (TPSA) is 26.3 Å². The SMILES string of the molecule is CCCCCOC=CC=O. The quantitative estimate of drug-likeness (QED) is 0.245. The first kappa shape index (κ1) is 9.21. The fourth-order valence-electron chi connectivity index (χ4n) is 0.591. The molecule has 0 N–H and O–H groups in total. The Morgan fingerprint density at radius 2 is 2.20 bits per heavy atom. The van der Waals surface area contributed by atoms with Crippen LogP contribution in [0.2, 0.25) is 0 Å². The molecule has 0 saturated carbocycles. The van der Waals surface area contributed by atoms with Crippen LogP contribution in [-0.2, 0) is 9.53 Å². The van der Waals surface area contributed by atoms with E-state index < -0.39 is 0 Å². The summed E-state index contributed by atoms with van der Waals surface area (Å²) in [6.45, 7) is 2.86. The normalized spacial score (nSPS) is 10.1. The van der Waals surface area contributed by atoms with E-state index in [0.717, 1.165) is 13.0 Å². The van der Waals surface area contributed by atoms with Gasteiger partial charge in [-0.15, -0.1) is 0 Å². The van der Waals surface area contributed by atoms with Gasteiger partial charge in [-0.2, -0.15) is 0 Å². The summed E-state index contributed by atoms with van der Waals surface area (Å²) in [5.41, 5.74) is 0. The van der Waals surface area contributed by atoms with E-state index in [1.54, 1.807) is 0 Å². The van der Waals surface area contributed by atoms with Crippen molar-refractivity contribution in [1.29, 1.82) is 0 Å². The first-order chi connectivity index (χ1) is 4.91. The molecule has 0 fully saturated rings. The van der Waals surface area contributed by atoms with Gasteiger partial charge in [0.1, 0.15) is 6.29 Å². The summed E-state index contributed by atoms with van der Waals surface area (Å²) < 4.78 is 4.96. The number of carbonyl (C=O) groups excluding carboxylic acids is 1. The van der Waals surface area contributed by atoms with Gasteiger partial charge in [-0.3, -0.25) is 4.79 Å². The number of hydrogen-bond acceptors (Lipinski definition) is 2. The maximum absolute atomic E-state index is 9.73. The molecule has 0 aliphatic heterocycles. The third kappa shape index (κ3) is 7.21. The third-order valence-electron chi connectivity index (χ3n) is 1.12. The second kappa shape index (κ2) is 8.21. The molecule has 0 aliphatic rings. The molecular formula is C8H14O2. The molecule has 0 unspecified atom stereocenters. The Balaban J connectivity index is 2.90.